The summed E-state index contributed by atoms with van der Waals surface area (Å²) in [4.78, 5) is 2.16. The van der Waals surface area contributed by atoms with Gasteiger partial charge < -0.3 is 15.3 Å². The molecule has 0 aromatic heterocycles. The molecule has 0 unspecified atom stereocenters. The third-order valence-electron chi connectivity index (χ3n) is 3.64. The fourth-order valence-corrected chi connectivity index (χ4v) is 2.82. The van der Waals surface area contributed by atoms with Crippen LogP contribution in [0.4, 0.5) is 5.69 Å². The number of anilines is 1. The van der Waals surface area contributed by atoms with Gasteiger partial charge in [0.2, 0.25) is 0 Å². The normalized spacial score (nSPS) is 14.6. The van der Waals surface area contributed by atoms with Crippen molar-refractivity contribution in [2.24, 2.45) is 0 Å². The van der Waals surface area contributed by atoms with Crippen LogP contribution in [-0.2, 0) is 0 Å². The number of hydrogen-bond donors (Lipinski definition) is 2. The zero-order chi connectivity index (χ0) is 13.9. The Hall–Kier alpha value is -1.42. The number of piperazine rings is 1. The molecule has 2 aromatic carbocycles. The van der Waals surface area contributed by atoms with Crippen molar-refractivity contribution < 1.29 is 5.11 Å². The number of aromatic hydroxyl groups is 1. The molecule has 2 N–H and O–H groups in total. The highest BCUT2D eigenvalue weighted by Crippen LogP contribution is 2.41. The van der Waals surface area contributed by atoms with Crippen molar-refractivity contribution >= 4 is 29.7 Å². The third kappa shape index (κ3) is 3.26. The fraction of sp³-hybridized carbons (Fsp3) is 0.250. The van der Waals surface area contributed by atoms with E-state index < -0.39 is 0 Å². The van der Waals surface area contributed by atoms with Crippen LogP contribution >= 0.6 is 24.0 Å². The minimum atomic E-state index is 0. The summed E-state index contributed by atoms with van der Waals surface area (Å²) in [6.07, 6.45) is 0. The lowest BCUT2D eigenvalue weighted by molar-refractivity contribution is 0.471. The van der Waals surface area contributed by atoms with Crippen molar-refractivity contribution in [1.82, 2.24) is 5.32 Å². The summed E-state index contributed by atoms with van der Waals surface area (Å²) < 4.78 is 0. The van der Waals surface area contributed by atoms with Crippen LogP contribution in [0.5, 0.6) is 5.75 Å². The van der Waals surface area contributed by atoms with E-state index in [1.165, 1.54) is 0 Å². The quantitative estimate of drug-likeness (QED) is 0.886. The van der Waals surface area contributed by atoms with Crippen LogP contribution < -0.4 is 10.2 Å². The maximum Gasteiger partial charge on any atom is 0.158 e. The molecule has 0 radical (unpaired) electrons. The summed E-state index contributed by atoms with van der Waals surface area (Å²) in [5, 5.41) is 14.1. The van der Waals surface area contributed by atoms with Crippen molar-refractivity contribution in [2.45, 2.75) is 0 Å². The van der Waals surface area contributed by atoms with Gasteiger partial charge in [0, 0.05) is 31.7 Å². The molecule has 0 aliphatic carbocycles. The molecule has 0 spiro atoms. The van der Waals surface area contributed by atoms with E-state index in [0.717, 1.165) is 43.0 Å². The number of benzene rings is 2. The van der Waals surface area contributed by atoms with Gasteiger partial charge in [-0.15, -0.1) is 12.4 Å². The molecule has 5 heteroatoms. The largest absolute Gasteiger partial charge is 0.504 e. The molecule has 1 aliphatic heterocycles. The Kier molecular flexibility index (Phi) is 5.34. The SMILES string of the molecule is Cl.Oc1c(N2CCNCC2)ccc(-c2ccccc2)c1Cl. The van der Waals surface area contributed by atoms with Crippen molar-refractivity contribution in [3.63, 3.8) is 0 Å². The number of nitrogens with zero attached hydrogens (tertiary/aromatic N) is 1. The smallest absolute Gasteiger partial charge is 0.158 e. The fourth-order valence-electron chi connectivity index (χ4n) is 2.56. The van der Waals surface area contributed by atoms with E-state index in [4.69, 9.17) is 11.6 Å². The predicted molar refractivity (Wildman–Crippen MR) is 90.9 cm³/mol. The van der Waals surface area contributed by atoms with Gasteiger partial charge in [-0.2, -0.15) is 0 Å². The zero-order valence-corrected chi connectivity index (χ0v) is 13.1. The van der Waals surface area contributed by atoms with Gasteiger partial charge in [-0.05, 0) is 11.6 Å². The Morgan fingerprint density at radius 1 is 1.00 bits per heavy atom. The van der Waals surface area contributed by atoms with Crippen LogP contribution in [0.1, 0.15) is 0 Å². The highest BCUT2D eigenvalue weighted by atomic mass is 35.5. The molecule has 2 aromatic rings. The first-order chi connectivity index (χ1) is 9.77. The standard InChI is InChI=1S/C16H17ClN2O.ClH/c17-15-13(12-4-2-1-3-5-12)6-7-14(16(15)20)19-10-8-18-9-11-19;/h1-7,18,20H,8-11H2;1H. The maximum absolute atomic E-state index is 10.4. The second-order valence-corrected chi connectivity index (χ2v) is 5.28. The number of phenols is 1. The molecule has 3 rings (SSSR count). The van der Waals surface area contributed by atoms with Gasteiger partial charge >= 0.3 is 0 Å². The van der Waals surface area contributed by atoms with Gasteiger partial charge in [-0.1, -0.05) is 48.0 Å². The number of phenolic OH excluding ortho intramolecular Hbond substituents is 1. The van der Waals surface area contributed by atoms with Crippen LogP contribution in [0, 0.1) is 0 Å². The van der Waals surface area contributed by atoms with E-state index in [9.17, 15) is 5.11 Å². The second-order valence-electron chi connectivity index (χ2n) is 4.90. The van der Waals surface area contributed by atoms with Gasteiger partial charge in [-0.3, -0.25) is 0 Å². The molecule has 0 atom stereocenters. The van der Waals surface area contributed by atoms with Crippen LogP contribution in [-0.4, -0.2) is 31.3 Å². The summed E-state index contributed by atoms with van der Waals surface area (Å²) in [6, 6.07) is 13.8. The second kappa shape index (κ2) is 7.03. The van der Waals surface area contributed by atoms with Gasteiger partial charge in [-0.25, -0.2) is 0 Å². The lowest BCUT2D eigenvalue weighted by atomic mass is 10.0. The molecule has 0 bridgehead atoms. The van der Waals surface area contributed by atoms with Gasteiger partial charge in [0.15, 0.2) is 5.75 Å². The van der Waals surface area contributed by atoms with Crippen LogP contribution in [0.15, 0.2) is 42.5 Å². The first kappa shape index (κ1) is 16.0. The van der Waals surface area contributed by atoms with Crippen LogP contribution in [0.2, 0.25) is 5.02 Å². The van der Waals surface area contributed by atoms with E-state index in [-0.39, 0.29) is 18.2 Å². The summed E-state index contributed by atoms with van der Waals surface area (Å²) >= 11 is 6.36. The zero-order valence-electron chi connectivity index (χ0n) is 11.6. The molecule has 1 aliphatic rings. The molecular weight excluding hydrogens is 307 g/mol. The van der Waals surface area contributed by atoms with E-state index in [1.807, 2.05) is 42.5 Å². The number of hydrogen-bond acceptors (Lipinski definition) is 3. The van der Waals surface area contributed by atoms with Crippen LogP contribution in [0.3, 0.4) is 0 Å². The van der Waals surface area contributed by atoms with Crippen molar-refractivity contribution in [2.75, 3.05) is 31.1 Å². The number of halogens is 2. The molecule has 3 nitrogen and oxygen atoms in total. The summed E-state index contributed by atoms with van der Waals surface area (Å²) in [7, 11) is 0. The maximum atomic E-state index is 10.4. The van der Waals surface area contributed by atoms with Crippen LogP contribution in [0.25, 0.3) is 11.1 Å². The van der Waals surface area contributed by atoms with Gasteiger partial charge in [0.25, 0.3) is 0 Å². The average molecular weight is 325 g/mol. The number of rotatable bonds is 2. The highest BCUT2D eigenvalue weighted by Gasteiger charge is 2.18. The Morgan fingerprint density at radius 2 is 1.67 bits per heavy atom. The Bertz CT molecular complexity index is 599. The summed E-state index contributed by atoms with van der Waals surface area (Å²) in [6.45, 7) is 3.62. The third-order valence-corrected chi connectivity index (χ3v) is 4.02. The van der Waals surface area contributed by atoms with Crippen molar-refractivity contribution in [3.05, 3.63) is 47.5 Å². The van der Waals surface area contributed by atoms with E-state index >= 15 is 0 Å². The summed E-state index contributed by atoms with van der Waals surface area (Å²) in [5.74, 6) is 0.176. The monoisotopic (exact) mass is 324 g/mol. The Morgan fingerprint density at radius 3 is 2.33 bits per heavy atom. The number of nitrogens with one attached hydrogen (secondary N) is 1. The molecule has 0 amide bonds. The highest BCUT2D eigenvalue weighted by molar-refractivity contribution is 6.35. The Balaban J connectivity index is 0.00000161. The molecule has 1 saturated heterocycles. The van der Waals surface area contributed by atoms with Gasteiger partial charge in [0.1, 0.15) is 0 Å². The molecule has 0 saturated carbocycles. The molecular formula is C16H18Cl2N2O. The molecule has 1 heterocycles. The van der Waals surface area contributed by atoms with E-state index in [2.05, 4.69) is 10.2 Å². The Labute approximate surface area is 136 Å². The lowest BCUT2D eigenvalue weighted by Gasteiger charge is -2.30. The van der Waals surface area contributed by atoms with E-state index in [0.29, 0.717) is 5.02 Å². The predicted octanol–water partition coefficient (Wildman–Crippen LogP) is 3.54. The topological polar surface area (TPSA) is 35.5 Å². The minimum Gasteiger partial charge on any atom is -0.504 e. The van der Waals surface area contributed by atoms with Crippen molar-refractivity contribution in [1.29, 1.82) is 0 Å². The molecule has 1 fully saturated rings. The molecule has 112 valence electrons. The first-order valence-corrected chi connectivity index (χ1v) is 7.18. The molecule has 21 heavy (non-hydrogen) atoms. The van der Waals surface area contributed by atoms with Crippen molar-refractivity contribution in [3.8, 4) is 16.9 Å². The first-order valence-electron chi connectivity index (χ1n) is 6.80. The lowest BCUT2D eigenvalue weighted by Crippen LogP contribution is -2.43. The summed E-state index contributed by atoms with van der Waals surface area (Å²) in [5.41, 5.74) is 2.69. The minimum absolute atomic E-state index is 0. The average Bonchev–Trinajstić information content (AvgIpc) is 2.52. The van der Waals surface area contributed by atoms with Gasteiger partial charge in [0.05, 0.1) is 10.7 Å². The van der Waals surface area contributed by atoms with E-state index in [1.54, 1.807) is 0 Å².